The number of likely N-dealkylation sites (tertiary alicyclic amines) is 1. The van der Waals surface area contributed by atoms with E-state index in [1.165, 1.54) is 11.1 Å². The minimum Gasteiger partial charge on any atom is -0.394 e. The van der Waals surface area contributed by atoms with Gasteiger partial charge in [0.2, 0.25) is 41.4 Å². The fraction of sp³-hybridized carbons (Fsp3) is 0.643. The highest BCUT2D eigenvalue weighted by molar-refractivity contribution is 7.80. The zero-order valence-corrected chi connectivity index (χ0v) is 40.9. The quantitative estimate of drug-likeness (QED) is 0.0200. The molecule has 2 aromatic rings. The Balaban J connectivity index is 1.73. The summed E-state index contributed by atoms with van der Waals surface area (Å²) in [5.74, 6) is -5.33. The molecule has 386 valence electrons. The average Bonchev–Trinajstić information content (AvgIpc) is 3.98. The number of phosphoric acid groups is 1. The first kappa shape index (κ1) is 58.3. The molecule has 1 saturated heterocycles. The summed E-state index contributed by atoms with van der Waals surface area (Å²) in [5, 5.41) is 22.8. The maximum Gasteiger partial charge on any atom is 0.469 e. The molecular formula is C42H68N11O14PS. The third kappa shape index (κ3) is 20.8. The molecule has 0 radical (unpaired) electrons. The fourth-order valence-electron chi connectivity index (χ4n) is 7.20. The number of thiol groups is 1. The van der Waals surface area contributed by atoms with E-state index in [1.807, 2.05) is 26.0 Å². The number of nitrogens with one attached hydrogen (secondary N) is 5. The van der Waals surface area contributed by atoms with E-state index in [4.69, 9.17) is 20.9 Å². The number of phosphoric ester groups is 1. The minimum atomic E-state index is -5.14. The largest absolute Gasteiger partial charge is 0.469 e. The summed E-state index contributed by atoms with van der Waals surface area (Å²) in [6.07, 6.45) is 5.11. The van der Waals surface area contributed by atoms with Crippen molar-refractivity contribution in [3.8, 4) is 0 Å². The topological polar surface area (TPSA) is 371 Å². The lowest BCUT2D eigenvalue weighted by Crippen LogP contribution is -2.61. The summed E-state index contributed by atoms with van der Waals surface area (Å²) in [6.45, 7) is 5.36. The smallest absolute Gasteiger partial charge is 0.394 e. The van der Waals surface area contributed by atoms with Gasteiger partial charge in [-0.25, -0.2) is 9.55 Å². The van der Waals surface area contributed by atoms with E-state index in [-0.39, 0.29) is 75.7 Å². The van der Waals surface area contributed by atoms with Gasteiger partial charge < -0.3 is 71.9 Å². The molecule has 12 N–H and O–H groups in total. The van der Waals surface area contributed by atoms with Crippen molar-refractivity contribution in [3.63, 3.8) is 0 Å². The first-order valence-electron chi connectivity index (χ1n) is 22.6. The molecule has 7 atom stereocenters. The molecule has 3 rings (SSSR count). The first-order chi connectivity index (χ1) is 32.7. The molecule has 7 amide bonds. The molecule has 0 saturated carbocycles. The Kier molecular flexibility index (Phi) is 25.2. The van der Waals surface area contributed by atoms with Crippen LogP contribution in [0.4, 0.5) is 0 Å². The number of aryl methyl sites for hydroxylation is 2. The monoisotopic (exact) mass is 1010 g/mol. The molecule has 3 heterocycles. The molecule has 69 heavy (non-hydrogen) atoms. The number of nitrogens with zero attached hydrogens (tertiary/aromatic N) is 4. The molecule has 27 heteroatoms. The summed E-state index contributed by atoms with van der Waals surface area (Å²) < 4.78 is 28.7. The van der Waals surface area contributed by atoms with E-state index in [0.717, 1.165) is 12.6 Å². The van der Waals surface area contributed by atoms with E-state index in [1.54, 1.807) is 23.2 Å². The van der Waals surface area contributed by atoms with Gasteiger partial charge in [0, 0.05) is 55.6 Å². The maximum absolute atomic E-state index is 14.2. The van der Waals surface area contributed by atoms with Gasteiger partial charge in [0.15, 0.2) is 0 Å². The lowest BCUT2D eigenvalue weighted by molar-refractivity contribution is -0.140. The van der Waals surface area contributed by atoms with Gasteiger partial charge in [-0.05, 0) is 57.1 Å². The van der Waals surface area contributed by atoms with Crippen LogP contribution in [0.2, 0.25) is 0 Å². The number of ether oxygens (including phenoxy) is 2. The molecule has 0 aliphatic carbocycles. The molecule has 0 aromatic carbocycles. The zero-order chi connectivity index (χ0) is 51.1. The van der Waals surface area contributed by atoms with Crippen molar-refractivity contribution in [1.29, 1.82) is 0 Å². The summed E-state index contributed by atoms with van der Waals surface area (Å²) in [5.41, 5.74) is 12.3. The van der Waals surface area contributed by atoms with E-state index in [9.17, 15) is 53.0 Å². The van der Waals surface area contributed by atoms with Crippen LogP contribution in [-0.2, 0) is 71.5 Å². The summed E-state index contributed by atoms with van der Waals surface area (Å²) in [4.78, 5) is 121. The van der Waals surface area contributed by atoms with Gasteiger partial charge in [-0.15, -0.1) is 0 Å². The van der Waals surface area contributed by atoms with Crippen molar-refractivity contribution in [1.82, 2.24) is 46.0 Å². The number of carbonyl (C=O) groups is 7. The number of primary amides is 1. The molecular weight excluding hydrogens is 946 g/mol. The third-order valence-electron chi connectivity index (χ3n) is 10.7. The van der Waals surface area contributed by atoms with Gasteiger partial charge >= 0.3 is 7.82 Å². The van der Waals surface area contributed by atoms with Crippen LogP contribution in [0.5, 0.6) is 0 Å². The first-order valence-corrected chi connectivity index (χ1v) is 24.7. The second kappa shape index (κ2) is 29.9. The second-order valence-corrected chi connectivity index (χ2v) is 18.2. The average molecular weight is 1010 g/mol. The standard InChI is InChI=1S/C42H68N11O14PS/c1-26(2)20-31(49-42(61)34-10-7-15-53(34)35(55)11-16-65-18-19-66-17-13-47-38(57)30(43)24-69)39(58)48-32(21-29-22-45-25-52(29)14-6-9-28-8-4-5-12-46-28)40(59)50-33(23-54)41(60)51-36(37(44)56)27(3)67-68(62,63)64/h4-5,8,12,22,25-27,30-34,36,54,69H,6-7,9-11,13-21,23-24,43H2,1-3H3,(H2,44,56)(H,47,57)(H,48,58)(H,49,61)(H,50,59)(H,51,60)(H2,62,63,64)/t27-,30+,31+,32+,33+,34+,36+/m1/s1. The van der Waals surface area contributed by atoms with E-state index in [0.29, 0.717) is 44.5 Å². The van der Waals surface area contributed by atoms with Crippen molar-refractivity contribution in [2.24, 2.45) is 17.4 Å². The number of hydrogen-bond acceptors (Lipinski definition) is 16. The number of imidazole rings is 1. The predicted octanol–water partition coefficient (Wildman–Crippen LogP) is -2.80. The number of carbonyl (C=O) groups excluding carboxylic acids is 7. The molecule has 0 spiro atoms. The van der Waals surface area contributed by atoms with E-state index >= 15 is 0 Å². The molecule has 1 fully saturated rings. The van der Waals surface area contributed by atoms with Crippen LogP contribution in [0.1, 0.15) is 64.3 Å². The highest BCUT2D eigenvalue weighted by Gasteiger charge is 2.38. The molecule has 2 aromatic heterocycles. The van der Waals surface area contributed by atoms with Crippen molar-refractivity contribution >= 4 is 61.8 Å². The SMILES string of the molecule is CC(C)C[C@H](NC(=O)[C@@H]1CCCN1C(=O)CCOCCOCCNC(=O)[C@@H](N)CS)C(=O)N[C@@H](Cc1cncn1CCCc1ccccn1)C(=O)N[C@@H](CO)C(=O)N[C@H](C(N)=O)[C@@H](C)OP(=O)(O)O. The van der Waals surface area contributed by atoms with Crippen LogP contribution in [0.25, 0.3) is 0 Å². The summed E-state index contributed by atoms with van der Waals surface area (Å²) >= 11 is 3.98. The number of rotatable bonds is 32. The Labute approximate surface area is 405 Å². The maximum atomic E-state index is 14.2. The molecule has 1 aliphatic rings. The van der Waals surface area contributed by atoms with Crippen LogP contribution in [0, 0.1) is 5.92 Å². The van der Waals surface area contributed by atoms with Crippen LogP contribution in [0.15, 0.2) is 36.9 Å². The normalized spacial score (nSPS) is 16.4. The summed E-state index contributed by atoms with van der Waals surface area (Å²) in [7, 11) is -5.14. The van der Waals surface area contributed by atoms with E-state index in [2.05, 4.69) is 53.7 Å². The van der Waals surface area contributed by atoms with Crippen LogP contribution >= 0.6 is 20.5 Å². The molecule has 0 bridgehead atoms. The van der Waals surface area contributed by atoms with Gasteiger partial charge in [0.05, 0.1) is 57.9 Å². The van der Waals surface area contributed by atoms with Gasteiger partial charge in [-0.2, -0.15) is 12.6 Å². The number of nitrogens with two attached hydrogens (primary N) is 2. The van der Waals surface area contributed by atoms with Gasteiger partial charge in [-0.1, -0.05) is 19.9 Å². The minimum absolute atomic E-state index is 0.0237. The lowest BCUT2D eigenvalue weighted by atomic mass is 10.0. The van der Waals surface area contributed by atoms with Crippen LogP contribution < -0.4 is 38.1 Å². The Bertz CT molecular complexity index is 2030. The lowest BCUT2D eigenvalue weighted by Gasteiger charge is -2.29. The van der Waals surface area contributed by atoms with Gasteiger partial charge in [0.25, 0.3) is 0 Å². The van der Waals surface area contributed by atoms with Crippen molar-refractivity contribution < 1.29 is 67.0 Å². The Hall–Kier alpha value is -5.05. The number of aliphatic hydroxyl groups excluding tert-OH is 1. The van der Waals surface area contributed by atoms with Crippen molar-refractivity contribution in [2.75, 3.05) is 51.9 Å². The Morgan fingerprint density at radius 3 is 2.25 bits per heavy atom. The van der Waals surface area contributed by atoms with E-state index < -0.39 is 86.3 Å². The zero-order valence-electron chi connectivity index (χ0n) is 39.1. The number of aromatic nitrogens is 3. The Morgan fingerprint density at radius 1 is 0.928 bits per heavy atom. The van der Waals surface area contributed by atoms with Crippen LogP contribution in [0.3, 0.4) is 0 Å². The van der Waals surface area contributed by atoms with Gasteiger partial charge in [0.1, 0.15) is 30.2 Å². The highest BCUT2D eigenvalue weighted by atomic mass is 32.1. The summed E-state index contributed by atoms with van der Waals surface area (Å²) in [6, 6.07) is -2.28. The fourth-order valence-corrected chi connectivity index (χ4v) is 7.92. The number of hydrogen-bond donors (Lipinski definition) is 11. The number of amides is 7. The van der Waals surface area contributed by atoms with Crippen LogP contribution in [-0.4, -0.2) is 170 Å². The predicted molar refractivity (Wildman–Crippen MR) is 250 cm³/mol. The molecule has 0 unspecified atom stereocenters. The van der Waals surface area contributed by atoms with Crippen molar-refractivity contribution in [2.45, 2.75) is 115 Å². The van der Waals surface area contributed by atoms with Gasteiger partial charge in [-0.3, -0.25) is 43.1 Å². The number of pyridine rings is 1. The second-order valence-electron chi connectivity index (χ2n) is 16.7. The van der Waals surface area contributed by atoms with Crippen molar-refractivity contribution in [3.05, 3.63) is 48.3 Å². The highest BCUT2D eigenvalue weighted by Crippen LogP contribution is 2.38. The molecule has 25 nitrogen and oxygen atoms in total. The number of aliphatic hydroxyl groups is 1. The third-order valence-corrected chi connectivity index (χ3v) is 11.7. The molecule has 1 aliphatic heterocycles. The Morgan fingerprint density at radius 2 is 1.61 bits per heavy atom.